The van der Waals surface area contributed by atoms with Crippen LogP contribution in [0.1, 0.15) is 25.8 Å². The molecule has 0 aliphatic heterocycles. The summed E-state index contributed by atoms with van der Waals surface area (Å²) in [5.41, 5.74) is 11.5. The van der Waals surface area contributed by atoms with Crippen LogP contribution in [0.15, 0.2) is 30.3 Å². The molecule has 12 heteroatoms. The quantitative estimate of drug-likeness (QED) is 0.167. The van der Waals surface area contributed by atoms with Crippen molar-refractivity contribution in [3.63, 3.8) is 0 Å². The predicted octanol–water partition coefficient (Wildman–Crippen LogP) is -2.38. The Morgan fingerprint density at radius 3 is 1.88 bits per heavy atom. The first kappa shape index (κ1) is 27.5. The van der Waals surface area contributed by atoms with Crippen LogP contribution in [0.5, 0.6) is 0 Å². The number of benzene rings is 1. The van der Waals surface area contributed by atoms with Crippen LogP contribution in [0.2, 0.25) is 0 Å². The molecule has 0 aliphatic carbocycles. The molecule has 0 spiro atoms. The van der Waals surface area contributed by atoms with E-state index in [4.69, 9.17) is 11.5 Å². The molecule has 4 atom stereocenters. The summed E-state index contributed by atoms with van der Waals surface area (Å²) >= 11 is 0. The monoisotopic (exact) mass is 465 g/mol. The van der Waals surface area contributed by atoms with E-state index in [1.54, 1.807) is 44.2 Å². The van der Waals surface area contributed by atoms with Crippen LogP contribution in [0.25, 0.3) is 0 Å². The van der Waals surface area contributed by atoms with Gasteiger partial charge >= 0.3 is 5.97 Å². The Bertz CT molecular complexity index is 847. The summed E-state index contributed by atoms with van der Waals surface area (Å²) in [5.74, 6) is -5.12. The van der Waals surface area contributed by atoms with E-state index >= 15 is 0 Å². The number of rotatable bonds is 13. The Hall–Kier alpha value is -3.51. The SMILES string of the molecule is CC(C)[C@H](N)C(=O)N[C@@H](CO)C(=O)N[C@@H](CC(N)=O)C(=O)N[C@@H](Cc1ccccc1)C(=O)O. The third-order valence-corrected chi connectivity index (χ3v) is 4.77. The second-order valence-corrected chi connectivity index (χ2v) is 7.83. The fraction of sp³-hybridized carbons (Fsp3) is 0.476. The summed E-state index contributed by atoms with van der Waals surface area (Å²) in [4.78, 5) is 60.4. The van der Waals surface area contributed by atoms with Crippen molar-refractivity contribution in [3.05, 3.63) is 35.9 Å². The van der Waals surface area contributed by atoms with E-state index in [1.165, 1.54) is 0 Å². The second-order valence-electron chi connectivity index (χ2n) is 7.83. The number of amides is 4. The lowest BCUT2D eigenvalue weighted by Gasteiger charge is -2.24. The molecule has 0 heterocycles. The number of aliphatic carboxylic acids is 1. The average molecular weight is 466 g/mol. The van der Waals surface area contributed by atoms with Crippen molar-refractivity contribution in [1.29, 1.82) is 0 Å². The summed E-state index contributed by atoms with van der Waals surface area (Å²) in [5, 5.41) is 25.7. The summed E-state index contributed by atoms with van der Waals surface area (Å²) in [7, 11) is 0. The Morgan fingerprint density at radius 1 is 0.879 bits per heavy atom. The molecule has 182 valence electrons. The lowest BCUT2D eigenvalue weighted by Crippen LogP contribution is -2.59. The molecule has 33 heavy (non-hydrogen) atoms. The van der Waals surface area contributed by atoms with Crippen molar-refractivity contribution >= 4 is 29.6 Å². The van der Waals surface area contributed by atoms with Gasteiger partial charge in [-0.15, -0.1) is 0 Å². The topological polar surface area (TPSA) is 214 Å². The summed E-state index contributed by atoms with van der Waals surface area (Å²) in [6.07, 6.45) is -0.672. The van der Waals surface area contributed by atoms with Gasteiger partial charge in [-0.1, -0.05) is 44.2 Å². The summed E-state index contributed by atoms with van der Waals surface area (Å²) in [6, 6.07) is 3.27. The molecule has 0 radical (unpaired) electrons. The standard InChI is InChI=1S/C21H31N5O7/c1-11(2)17(23)20(31)26-15(10-27)19(30)24-13(9-16(22)28)18(29)25-14(21(32)33)8-12-6-4-3-5-7-12/h3-7,11,13-15,17,27H,8-10,23H2,1-2H3,(H2,22,28)(H,24,30)(H,25,29)(H,26,31)(H,32,33)/t13-,14-,15-,17-/m0/s1. The molecule has 0 fully saturated rings. The van der Waals surface area contributed by atoms with E-state index in [0.717, 1.165) is 0 Å². The number of hydrogen-bond acceptors (Lipinski definition) is 7. The number of carboxylic acid groups (broad SMARTS) is 1. The number of aliphatic hydroxyl groups is 1. The maximum Gasteiger partial charge on any atom is 0.326 e. The Balaban J connectivity index is 2.92. The molecule has 1 aromatic carbocycles. The van der Waals surface area contributed by atoms with Gasteiger partial charge in [0.05, 0.1) is 19.1 Å². The van der Waals surface area contributed by atoms with Gasteiger partial charge in [-0.05, 0) is 11.5 Å². The van der Waals surface area contributed by atoms with Gasteiger partial charge in [-0.25, -0.2) is 4.79 Å². The van der Waals surface area contributed by atoms with Crippen molar-refractivity contribution in [2.45, 2.75) is 50.9 Å². The number of carbonyl (C=O) groups is 5. The number of carboxylic acids is 1. The zero-order chi connectivity index (χ0) is 25.1. The molecule has 0 saturated carbocycles. The zero-order valence-electron chi connectivity index (χ0n) is 18.5. The number of carbonyl (C=O) groups excluding carboxylic acids is 4. The molecule has 12 nitrogen and oxygen atoms in total. The van der Waals surface area contributed by atoms with Gasteiger partial charge in [0.2, 0.25) is 23.6 Å². The first-order valence-electron chi connectivity index (χ1n) is 10.3. The van der Waals surface area contributed by atoms with Crippen LogP contribution in [-0.2, 0) is 30.4 Å². The van der Waals surface area contributed by atoms with Gasteiger partial charge in [0.15, 0.2) is 0 Å². The number of nitrogens with one attached hydrogen (secondary N) is 3. The summed E-state index contributed by atoms with van der Waals surface area (Å²) in [6.45, 7) is 2.58. The maximum absolute atomic E-state index is 12.7. The van der Waals surface area contributed by atoms with E-state index in [2.05, 4.69) is 16.0 Å². The Morgan fingerprint density at radius 2 is 1.39 bits per heavy atom. The first-order valence-corrected chi connectivity index (χ1v) is 10.3. The minimum absolute atomic E-state index is 0.0401. The van der Waals surface area contributed by atoms with Crippen LogP contribution in [-0.4, -0.2) is 70.6 Å². The van der Waals surface area contributed by atoms with Crippen molar-refractivity contribution in [1.82, 2.24) is 16.0 Å². The van der Waals surface area contributed by atoms with Crippen molar-refractivity contribution in [3.8, 4) is 0 Å². The highest BCUT2D eigenvalue weighted by Gasteiger charge is 2.31. The van der Waals surface area contributed by atoms with Gasteiger partial charge in [-0.2, -0.15) is 0 Å². The smallest absolute Gasteiger partial charge is 0.326 e. The van der Waals surface area contributed by atoms with E-state index in [9.17, 15) is 34.2 Å². The molecule has 1 aromatic rings. The van der Waals surface area contributed by atoms with E-state index in [1.807, 2.05) is 0 Å². The number of aliphatic hydroxyl groups excluding tert-OH is 1. The van der Waals surface area contributed by atoms with E-state index in [0.29, 0.717) is 5.56 Å². The fourth-order valence-electron chi connectivity index (χ4n) is 2.77. The van der Waals surface area contributed by atoms with Gasteiger partial charge in [-0.3, -0.25) is 19.2 Å². The molecule has 1 rings (SSSR count). The van der Waals surface area contributed by atoms with Crippen LogP contribution < -0.4 is 27.4 Å². The van der Waals surface area contributed by atoms with Crippen molar-refractivity contribution < 1.29 is 34.2 Å². The van der Waals surface area contributed by atoms with Crippen LogP contribution >= 0.6 is 0 Å². The predicted molar refractivity (Wildman–Crippen MR) is 117 cm³/mol. The van der Waals surface area contributed by atoms with Gasteiger partial charge in [0.1, 0.15) is 18.1 Å². The van der Waals surface area contributed by atoms with Gasteiger partial charge in [0, 0.05) is 6.42 Å². The molecule has 4 amide bonds. The van der Waals surface area contributed by atoms with Gasteiger partial charge < -0.3 is 37.6 Å². The molecule has 0 aromatic heterocycles. The minimum atomic E-state index is -1.53. The minimum Gasteiger partial charge on any atom is -0.480 e. The first-order chi connectivity index (χ1) is 15.5. The molecular formula is C21H31N5O7. The lowest BCUT2D eigenvalue weighted by atomic mass is 10.0. The normalized spacial score (nSPS) is 14.5. The number of primary amides is 1. The van der Waals surface area contributed by atoms with E-state index in [-0.39, 0.29) is 12.3 Å². The van der Waals surface area contributed by atoms with Crippen molar-refractivity contribution in [2.75, 3.05) is 6.61 Å². The second kappa shape index (κ2) is 13.1. The Labute approximate surface area is 191 Å². The largest absolute Gasteiger partial charge is 0.480 e. The molecular weight excluding hydrogens is 434 g/mol. The molecule has 0 saturated heterocycles. The Kier molecular flexibility index (Phi) is 11.0. The summed E-state index contributed by atoms with van der Waals surface area (Å²) < 4.78 is 0. The highest BCUT2D eigenvalue weighted by Crippen LogP contribution is 2.05. The molecule has 0 unspecified atom stereocenters. The van der Waals surface area contributed by atoms with Gasteiger partial charge in [0.25, 0.3) is 0 Å². The third kappa shape index (κ3) is 9.25. The van der Waals surface area contributed by atoms with Crippen LogP contribution in [0.3, 0.4) is 0 Å². The zero-order valence-corrected chi connectivity index (χ0v) is 18.5. The molecule has 9 N–H and O–H groups in total. The maximum atomic E-state index is 12.7. The van der Waals surface area contributed by atoms with Crippen molar-refractivity contribution in [2.24, 2.45) is 17.4 Å². The lowest BCUT2D eigenvalue weighted by molar-refractivity contribution is -0.142. The fourth-order valence-corrected chi connectivity index (χ4v) is 2.77. The highest BCUT2D eigenvalue weighted by molar-refractivity contribution is 5.96. The average Bonchev–Trinajstić information content (AvgIpc) is 2.75. The third-order valence-electron chi connectivity index (χ3n) is 4.77. The molecule has 0 bridgehead atoms. The van der Waals surface area contributed by atoms with Crippen LogP contribution in [0.4, 0.5) is 0 Å². The number of nitrogens with two attached hydrogens (primary N) is 2. The number of hydrogen-bond donors (Lipinski definition) is 7. The highest BCUT2D eigenvalue weighted by atomic mass is 16.4. The van der Waals surface area contributed by atoms with Crippen LogP contribution in [0, 0.1) is 5.92 Å². The molecule has 0 aliphatic rings. The van der Waals surface area contributed by atoms with E-state index < -0.39 is 66.8 Å².